The molecule has 3 nitrogen and oxygen atoms in total. The highest BCUT2D eigenvalue weighted by atomic mass is 15.0. The molecule has 1 unspecified atom stereocenters. The predicted molar refractivity (Wildman–Crippen MR) is 56.7 cm³/mol. The van der Waals surface area contributed by atoms with Crippen LogP contribution in [-0.4, -0.2) is 33.2 Å². The van der Waals surface area contributed by atoms with E-state index in [0.29, 0.717) is 5.92 Å². The molecule has 0 bridgehead atoms. The lowest BCUT2D eigenvalue weighted by molar-refractivity contribution is 0.405. The maximum Gasteiger partial charge on any atom is 0.0269 e. The van der Waals surface area contributed by atoms with Gasteiger partial charge in [-0.2, -0.15) is 0 Å². The first-order valence-electron chi connectivity index (χ1n) is 5.12. The first kappa shape index (κ1) is 10.5. The first-order valence-corrected chi connectivity index (χ1v) is 5.12. The van der Waals surface area contributed by atoms with Gasteiger partial charge in [-0.25, -0.2) is 0 Å². The van der Waals surface area contributed by atoms with Gasteiger partial charge in [-0.15, -0.1) is 0 Å². The minimum absolute atomic E-state index is 0.630. The molecule has 1 fully saturated rings. The van der Waals surface area contributed by atoms with Crippen molar-refractivity contribution in [3.63, 3.8) is 0 Å². The summed E-state index contributed by atoms with van der Waals surface area (Å²) in [7, 11) is 1.96. The molecule has 76 valence electrons. The van der Waals surface area contributed by atoms with Gasteiger partial charge in [0.1, 0.15) is 0 Å². The average molecular weight is 183 g/mol. The SMILES string of the molecule is C=C(NCCNC)C1CCCNC1. The fraction of sp³-hybridized carbons (Fsp3) is 0.800. The molecule has 0 saturated carbocycles. The lowest BCUT2D eigenvalue weighted by Crippen LogP contribution is -2.35. The molecular formula is C10H21N3. The zero-order chi connectivity index (χ0) is 9.52. The van der Waals surface area contributed by atoms with Gasteiger partial charge in [0.25, 0.3) is 0 Å². The Morgan fingerprint density at radius 2 is 2.38 bits per heavy atom. The Bertz CT molecular complexity index is 150. The van der Waals surface area contributed by atoms with Crippen LogP contribution >= 0.6 is 0 Å². The highest BCUT2D eigenvalue weighted by Gasteiger charge is 2.15. The molecule has 1 atom stereocenters. The molecule has 0 aromatic carbocycles. The summed E-state index contributed by atoms with van der Waals surface area (Å²) in [6, 6.07) is 0. The summed E-state index contributed by atoms with van der Waals surface area (Å²) in [5.74, 6) is 0.630. The van der Waals surface area contributed by atoms with Gasteiger partial charge in [0.15, 0.2) is 0 Å². The molecule has 1 rings (SSSR count). The van der Waals surface area contributed by atoms with E-state index in [-0.39, 0.29) is 0 Å². The molecule has 0 radical (unpaired) electrons. The molecule has 1 aliphatic heterocycles. The van der Waals surface area contributed by atoms with Crippen molar-refractivity contribution in [3.05, 3.63) is 12.3 Å². The van der Waals surface area contributed by atoms with Gasteiger partial charge < -0.3 is 16.0 Å². The third-order valence-electron chi connectivity index (χ3n) is 2.52. The van der Waals surface area contributed by atoms with Crippen LogP contribution in [0, 0.1) is 5.92 Å². The van der Waals surface area contributed by atoms with Gasteiger partial charge in [0.2, 0.25) is 0 Å². The van der Waals surface area contributed by atoms with Crippen LogP contribution in [0.2, 0.25) is 0 Å². The van der Waals surface area contributed by atoms with Crippen molar-refractivity contribution in [2.24, 2.45) is 5.92 Å². The Morgan fingerprint density at radius 1 is 1.54 bits per heavy atom. The van der Waals surface area contributed by atoms with E-state index in [1.54, 1.807) is 0 Å². The van der Waals surface area contributed by atoms with Crippen molar-refractivity contribution in [1.29, 1.82) is 0 Å². The normalized spacial score (nSPS) is 22.7. The standard InChI is InChI=1S/C10H21N3/c1-9(13-7-6-11-2)10-4-3-5-12-8-10/h10-13H,1,3-8H2,2H3. The van der Waals surface area contributed by atoms with E-state index < -0.39 is 0 Å². The van der Waals surface area contributed by atoms with Gasteiger partial charge in [-0.3, -0.25) is 0 Å². The van der Waals surface area contributed by atoms with Crippen LogP contribution in [-0.2, 0) is 0 Å². The Labute approximate surface area is 81.0 Å². The van der Waals surface area contributed by atoms with Crippen molar-refractivity contribution in [3.8, 4) is 0 Å². The van der Waals surface area contributed by atoms with Crippen molar-refractivity contribution in [2.45, 2.75) is 12.8 Å². The number of likely N-dealkylation sites (N-methyl/N-ethyl adjacent to an activating group) is 1. The Kier molecular flexibility index (Phi) is 4.86. The van der Waals surface area contributed by atoms with Crippen molar-refractivity contribution < 1.29 is 0 Å². The van der Waals surface area contributed by atoms with Crippen LogP contribution < -0.4 is 16.0 Å². The smallest absolute Gasteiger partial charge is 0.0269 e. The monoisotopic (exact) mass is 183 g/mol. The predicted octanol–water partition coefficient (Wildman–Crippen LogP) is 0.309. The topological polar surface area (TPSA) is 36.1 Å². The average Bonchev–Trinajstić information content (AvgIpc) is 2.19. The van der Waals surface area contributed by atoms with E-state index in [9.17, 15) is 0 Å². The molecule has 13 heavy (non-hydrogen) atoms. The molecule has 1 saturated heterocycles. The van der Waals surface area contributed by atoms with Crippen molar-refractivity contribution >= 4 is 0 Å². The van der Waals surface area contributed by atoms with Crippen LogP contribution in [0.3, 0.4) is 0 Å². The maximum atomic E-state index is 4.07. The zero-order valence-corrected chi connectivity index (χ0v) is 8.53. The van der Waals surface area contributed by atoms with Crippen molar-refractivity contribution in [2.75, 3.05) is 33.2 Å². The fourth-order valence-electron chi connectivity index (χ4n) is 1.64. The molecule has 0 aromatic rings. The molecular weight excluding hydrogens is 162 g/mol. The second kappa shape index (κ2) is 6.00. The molecule has 0 aromatic heterocycles. The Hall–Kier alpha value is -0.540. The van der Waals surface area contributed by atoms with Crippen LogP contribution in [0.5, 0.6) is 0 Å². The Balaban J connectivity index is 2.13. The number of hydrogen-bond acceptors (Lipinski definition) is 3. The van der Waals surface area contributed by atoms with E-state index in [0.717, 1.165) is 19.6 Å². The third-order valence-corrected chi connectivity index (χ3v) is 2.52. The highest BCUT2D eigenvalue weighted by molar-refractivity contribution is 5.00. The van der Waals surface area contributed by atoms with Gasteiger partial charge in [-0.05, 0) is 26.4 Å². The number of piperidine rings is 1. The van der Waals surface area contributed by atoms with Crippen molar-refractivity contribution in [1.82, 2.24) is 16.0 Å². The lowest BCUT2D eigenvalue weighted by Gasteiger charge is -2.25. The summed E-state index contributed by atoms with van der Waals surface area (Å²) < 4.78 is 0. The lowest BCUT2D eigenvalue weighted by atomic mass is 9.97. The van der Waals surface area contributed by atoms with E-state index in [4.69, 9.17) is 0 Å². The quantitative estimate of drug-likeness (QED) is 0.537. The summed E-state index contributed by atoms with van der Waals surface area (Å²) >= 11 is 0. The second-order valence-electron chi connectivity index (χ2n) is 3.60. The molecule has 0 spiro atoms. The van der Waals surface area contributed by atoms with Crippen LogP contribution in [0.25, 0.3) is 0 Å². The minimum atomic E-state index is 0.630. The zero-order valence-electron chi connectivity index (χ0n) is 8.53. The number of rotatable bonds is 5. The summed E-state index contributed by atoms with van der Waals surface area (Å²) in [5, 5.41) is 9.85. The van der Waals surface area contributed by atoms with Gasteiger partial charge in [0, 0.05) is 31.2 Å². The van der Waals surface area contributed by atoms with E-state index in [1.165, 1.54) is 25.1 Å². The van der Waals surface area contributed by atoms with Gasteiger partial charge in [0.05, 0.1) is 0 Å². The summed E-state index contributed by atoms with van der Waals surface area (Å²) in [6.07, 6.45) is 2.55. The number of hydrogen-bond donors (Lipinski definition) is 3. The highest BCUT2D eigenvalue weighted by Crippen LogP contribution is 2.15. The largest absolute Gasteiger partial charge is 0.387 e. The molecule has 3 N–H and O–H groups in total. The molecule has 3 heteroatoms. The molecule has 0 aliphatic carbocycles. The summed E-state index contributed by atoms with van der Waals surface area (Å²) in [5.41, 5.74) is 1.20. The summed E-state index contributed by atoms with van der Waals surface area (Å²) in [6.45, 7) is 8.30. The van der Waals surface area contributed by atoms with Gasteiger partial charge >= 0.3 is 0 Å². The molecule has 1 heterocycles. The second-order valence-corrected chi connectivity index (χ2v) is 3.60. The van der Waals surface area contributed by atoms with Gasteiger partial charge in [-0.1, -0.05) is 6.58 Å². The maximum absolute atomic E-state index is 4.07. The Morgan fingerprint density at radius 3 is 3.00 bits per heavy atom. The van der Waals surface area contributed by atoms with Crippen LogP contribution in [0.4, 0.5) is 0 Å². The van der Waals surface area contributed by atoms with E-state index in [2.05, 4.69) is 22.5 Å². The summed E-state index contributed by atoms with van der Waals surface area (Å²) in [4.78, 5) is 0. The molecule has 1 aliphatic rings. The van der Waals surface area contributed by atoms with Crippen LogP contribution in [0.1, 0.15) is 12.8 Å². The van der Waals surface area contributed by atoms with E-state index in [1.807, 2.05) is 7.05 Å². The fourth-order valence-corrected chi connectivity index (χ4v) is 1.64. The minimum Gasteiger partial charge on any atom is -0.387 e. The third kappa shape index (κ3) is 3.79. The molecule has 0 amide bonds. The van der Waals surface area contributed by atoms with Crippen LogP contribution in [0.15, 0.2) is 12.3 Å². The van der Waals surface area contributed by atoms with E-state index >= 15 is 0 Å². The first-order chi connectivity index (χ1) is 6.34. The number of nitrogens with one attached hydrogen (secondary N) is 3.